The molecule has 2 unspecified atom stereocenters. The number of aliphatic imine (C=N–C) groups is 1. The van der Waals surface area contributed by atoms with Crippen LogP contribution in [0.3, 0.4) is 0 Å². The molecular weight excluding hydrogens is 330 g/mol. The number of carbonyl (C=O) groups excluding carboxylic acids is 1. The summed E-state index contributed by atoms with van der Waals surface area (Å²) in [5.74, 6) is 1.27. The molecule has 2 atom stereocenters. The summed E-state index contributed by atoms with van der Waals surface area (Å²) in [7, 11) is 1.85. The number of nitrogens with zero attached hydrogens (tertiary/aromatic N) is 4. The molecule has 0 aromatic rings. The highest BCUT2D eigenvalue weighted by molar-refractivity contribution is 5.82. The molecule has 0 aromatic heterocycles. The summed E-state index contributed by atoms with van der Waals surface area (Å²) in [6, 6.07) is -0.00950. The minimum absolute atomic E-state index is 0.00950. The molecule has 0 aliphatic carbocycles. The number of hydrogen-bond donors (Lipinski definition) is 1. The molecule has 7 nitrogen and oxygen atoms in total. The largest absolute Gasteiger partial charge is 0.378 e. The summed E-state index contributed by atoms with van der Waals surface area (Å²) >= 11 is 0. The first-order chi connectivity index (χ1) is 12.7. The summed E-state index contributed by atoms with van der Waals surface area (Å²) in [4.78, 5) is 23.7. The standard InChI is InChI=1S/C19H35N5O2/c1-16(18(25)23-9-3-4-10-23)22-11-13-24(14-12-22)19(20-2)21-8-7-17-6-5-15-26-17/h16-17H,3-15H2,1-2H3,(H,20,21). The monoisotopic (exact) mass is 365 g/mol. The van der Waals surface area contributed by atoms with Gasteiger partial charge in [0.1, 0.15) is 0 Å². The lowest BCUT2D eigenvalue weighted by molar-refractivity contribution is -0.135. The van der Waals surface area contributed by atoms with Crippen LogP contribution in [0.5, 0.6) is 0 Å². The van der Waals surface area contributed by atoms with E-state index in [1.54, 1.807) is 0 Å². The third-order valence-electron chi connectivity index (χ3n) is 5.92. The van der Waals surface area contributed by atoms with Gasteiger partial charge in [0.05, 0.1) is 12.1 Å². The molecule has 1 N–H and O–H groups in total. The van der Waals surface area contributed by atoms with Crippen LogP contribution < -0.4 is 5.32 Å². The van der Waals surface area contributed by atoms with E-state index in [9.17, 15) is 4.79 Å². The molecule has 3 saturated heterocycles. The van der Waals surface area contributed by atoms with Gasteiger partial charge in [-0.1, -0.05) is 0 Å². The fraction of sp³-hybridized carbons (Fsp3) is 0.895. The number of nitrogens with one attached hydrogen (secondary N) is 1. The van der Waals surface area contributed by atoms with Crippen molar-refractivity contribution < 1.29 is 9.53 Å². The fourth-order valence-electron chi connectivity index (χ4n) is 4.23. The first kappa shape index (κ1) is 19.4. The van der Waals surface area contributed by atoms with E-state index in [0.29, 0.717) is 12.0 Å². The van der Waals surface area contributed by atoms with Crippen LogP contribution >= 0.6 is 0 Å². The van der Waals surface area contributed by atoms with E-state index in [1.165, 1.54) is 12.8 Å². The van der Waals surface area contributed by atoms with Gasteiger partial charge >= 0.3 is 0 Å². The van der Waals surface area contributed by atoms with Crippen molar-refractivity contribution in [1.82, 2.24) is 20.0 Å². The summed E-state index contributed by atoms with van der Waals surface area (Å²) in [6.45, 7) is 9.39. The predicted octanol–water partition coefficient (Wildman–Crippen LogP) is 0.759. The van der Waals surface area contributed by atoms with Gasteiger partial charge in [0.2, 0.25) is 5.91 Å². The van der Waals surface area contributed by atoms with Gasteiger partial charge in [-0.3, -0.25) is 14.7 Å². The highest BCUT2D eigenvalue weighted by Gasteiger charge is 2.30. The summed E-state index contributed by atoms with van der Waals surface area (Å²) in [5.41, 5.74) is 0. The third kappa shape index (κ3) is 4.88. The minimum Gasteiger partial charge on any atom is -0.378 e. The highest BCUT2D eigenvalue weighted by Crippen LogP contribution is 2.15. The molecule has 148 valence electrons. The lowest BCUT2D eigenvalue weighted by Gasteiger charge is -2.39. The van der Waals surface area contributed by atoms with Crippen LogP contribution in [0.25, 0.3) is 0 Å². The number of piperazine rings is 1. The average molecular weight is 366 g/mol. The van der Waals surface area contributed by atoms with Crippen LogP contribution in [-0.2, 0) is 9.53 Å². The number of amides is 1. The van der Waals surface area contributed by atoms with Crippen LogP contribution in [0.15, 0.2) is 4.99 Å². The number of ether oxygens (including phenoxy) is 1. The lowest BCUT2D eigenvalue weighted by atomic mass is 10.2. The van der Waals surface area contributed by atoms with E-state index in [-0.39, 0.29) is 6.04 Å². The molecule has 0 spiro atoms. The first-order valence-corrected chi connectivity index (χ1v) is 10.3. The van der Waals surface area contributed by atoms with Gasteiger partial charge < -0.3 is 19.9 Å². The van der Waals surface area contributed by atoms with Gasteiger partial charge in [-0.15, -0.1) is 0 Å². The van der Waals surface area contributed by atoms with Crippen LogP contribution in [0.2, 0.25) is 0 Å². The summed E-state index contributed by atoms with van der Waals surface area (Å²) in [6.07, 6.45) is 6.13. The van der Waals surface area contributed by atoms with E-state index >= 15 is 0 Å². The van der Waals surface area contributed by atoms with Crippen molar-refractivity contribution in [1.29, 1.82) is 0 Å². The molecule has 0 aromatic carbocycles. The van der Waals surface area contributed by atoms with Gasteiger partial charge in [0.15, 0.2) is 5.96 Å². The Morgan fingerprint density at radius 3 is 2.46 bits per heavy atom. The van der Waals surface area contributed by atoms with Crippen molar-refractivity contribution in [2.24, 2.45) is 4.99 Å². The molecule has 26 heavy (non-hydrogen) atoms. The third-order valence-corrected chi connectivity index (χ3v) is 5.92. The van der Waals surface area contributed by atoms with E-state index < -0.39 is 0 Å². The van der Waals surface area contributed by atoms with Gasteiger partial charge in [0, 0.05) is 59.5 Å². The molecule has 3 aliphatic rings. The maximum Gasteiger partial charge on any atom is 0.239 e. The van der Waals surface area contributed by atoms with Crippen molar-refractivity contribution in [3.05, 3.63) is 0 Å². The number of hydrogen-bond acceptors (Lipinski definition) is 4. The SMILES string of the molecule is CN=C(NCCC1CCCO1)N1CCN(C(C)C(=O)N2CCCC2)CC1. The first-order valence-electron chi connectivity index (χ1n) is 10.3. The Hall–Kier alpha value is -1.34. The Morgan fingerprint density at radius 2 is 1.85 bits per heavy atom. The average Bonchev–Trinajstić information content (AvgIpc) is 3.38. The Labute approximate surface area is 157 Å². The molecule has 3 fully saturated rings. The second-order valence-electron chi connectivity index (χ2n) is 7.63. The second-order valence-corrected chi connectivity index (χ2v) is 7.63. The molecule has 3 aliphatic heterocycles. The smallest absolute Gasteiger partial charge is 0.239 e. The second kappa shape index (κ2) is 9.55. The van der Waals surface area contributed by atoms with Crippen LogP contribution in [0, 0.1) is 0 Å². The number of rotatable bonds is 5. The fourth-order valence-corrected chi connectivity index (χ4v) is 4.23. The van der Waals surface area contributed by atoms with Crippen molar-refractivity contribution in [3.63, 3.8) is 0 Å². The summed E-state index contributed by atoms with van der Waals surface area (Å²) in [5, 5.41) is 3.48. The Kier molecular flexibility index (Phi) is 7.14. The molecule has 7 heteroatoms. The van der Waals surface area contributed by atoms with Crippen molar-refractivity contribution >= 4 is 11.9 Å². The van der Waals surface area contributed by atoms with Gasteiger partial charge in [-0.25, -0.2) is 0 Å². The van der Waals surface area contributed by atoms with E-state index in [4.69, 9.17) is 4.74 Å². The Bertz CT molecular complexity index is 478. The van der Waals surface area contributed by atoms with Crippen molar-refractivity contribution in [3.8, 4) is 0 Å². The van der Waals surface area contributed by atoms with Crippen molar-refractivity contribution in [2.75, 3.05) is 59.5 Å². The van der Waals surface area contributed by atoms with E-state index in [2.05, 4.69) is 27.0 Å². The van der Waals surface area contributed by atoms with Crippen molar-refractivity contribution in [2.45, 2.75) is 51.2 Å². The number of guanidine groups is 1. The molecular formula is C19H35N5O2. The zero-order valence-electron chi connectivity index (χ0n) is 16.5. The van der Waals surface area contributed by atoms with E-state index in [1.807, 2.05) is 11.9 Å². The van der Waals surface area contributed by atoms with Gasteiger partial charge in [-0.2, -0.15) is 0 Å². The minimum atomic E-state index is -0.00950. The Balaban J connectivity index is 1.40. The zero-order chi connectivity index (χ0) is 18.4. The molecule has 0 saturated carbocycles. The molecule has 3 heterocycles. The molecule has 3 rings (SSSR count). The van der Waals surface area contributed by atoms with Crippen LogP contribution in [0.4, 0.5) is 0 Å². The van der Waals surface area contributed by atoms with Gasteiger partial charge in [0.25, 0.3) is 0 Å². The lowest BCUT2D eigenvalue weighted by Crippen LogP contribution is -2.57. The quantitative estimate of drug-likeness (QED) is 0.576. The predicted molar refractivity (Wildman–Crippen MR) is 103 cm³/mol. The highest BCUT2D eigenvalue weighted by atomic mass is 16.5. The number of likely N-dealkylation sites (tertiary alicyclic amines) is 1. The maximum atomic E-state index is 12.6. The van der Waals surface area contributed by atoms with Gasteiger partial charge in [-0.05, 0) is 39.0 Å². The molecule has 1 amide bonds. The summed E-state index contributed by atoms with van der Waals surface area (Å²) < 4.78 is 5.68. The van der Waals surface area contributed by atoms with Crippen LogP contribution in [-0.4, -0.2) is 98.2 Å². The molecule has 0 radical (unpaired) electrons. The molecule has 0 bridgehead atoms. The number of carbonyl (C=O) groups is 1. The normalized spacial score (nSPS) is 26.4. The topological polar surface area (TPSA) is 60.4 Å². The van der Waals surface area contributed by atoms with Crippen LogP contribution in [0.1, 0.15) is 39.0 Å². The zero-order valence-corrected chi connectivity index (χ0v) is 16.5. The Morgan fingerprint density at radius 1 is 1.12 bits per heavy atom. The van der Waals surface area contributed by atoms with E-state index in [0.717, 1.165) is 77.6 Å². The maximum absolute atomic E-state index is 12.6.